The van der Waals surface area contributed by atoms with Crippen molar-refractivity contribution in [3.05, 3.63) is 134 Å². The van der Waals surface area contributed by atoms with Crippen LogP contribution in [0, 0.1) is 166 Å². The summed E-state index contributed by atoms with van der Waals surface area (Å²) in [6.45, 7) is 56.6. The zero-order chi connectivity index (χ0) is 45.9. The Kier molecular flexibility index (Phi) is 9.99. The van der Waals surface area contributed by atoms with Crippen molar-refractivity contribution in [2.75, 3.05) is 0 Å². The minimum Gasteiger partial charge on any atom is -0.308 e. The van der Waals surface area contributed by atoms with E-state index in [1.807, 2.05) is 0 Å². The Morgan fingerprint density at radius 2 is 0.323 bits per heavy atom. The molecule has 2 heteroatoms. The van der Waals surface area contributed by atoms with Crippen molar-refractivity contribution in [2.24, 2.45) is 0 Å². The van der Waals surface area contributed by atoms with E-state index in [0.29, 0.717) is 0 Å². The van der Waals surface area contributed by atoms with Gasteiger partial charge in [0.15, 0.2) is 0 Å². The van der Waals surface area contributed by atoms with E-state index in [1.165, 1.54) is 200 Å². The highest BCUT2D eigenvalue weighted by molar-refractivity contribution is 6.17. The van der Waals surface area contributed by atoms with Crippen molar-refractivity contribution in [1.82, 2.24) is 9.13 Å². The van der Waals surface area contributed by atoms with Crippen LogP contribution in [0.2, 0.25) is 0 Å². The second-order valence-corrected chi connectivity index (χ2v) is 20.0. The van der Waals surface area contributed by atoms with Crippen LogP contribution in [0.4, 0.5) is 0 Å². The summed E-state index contributed by atoms with van der Waals surface area (Å²) in [7, 11) is 0. The number of hydrogen-bond donors (Lipinski definition) is 0. The molecule has 8 aromatic rings. The molecule has 8 rings (SSSR count). The van der Waals surface area contributed by atoms with E-state index < -0.39 is 0 Å². The molecule has 0 aliphatic heterocycles. The second kappa shape index (κ2) is 14.2. The third kappa shape index (κ3) is 5.22. The second-order valence-electron chi connectivity index (χ2n) is 20.0. The number of benzene rings is 6. The quantitative estimate of drug-likeness (QED) is 0.168. The summed E-state index contributed by atoms with van der Waals surface area (Å²) in [4.78, 5) is 0. The average molecular weight is 821 g/mol. The number of hydrogen-bond acceptors (Lipinski definition) is 0. The SMILES string of the molecule is Cc1c(C)c(-n2c3c(C)c(C)c(C)c(C)c3c3c(C)c(C)c(C)c(C)c32)c(C)c(C)c1-c1c(C)c(C)c(-n2c3c(C)c(C)c(C)c(C)c3c3c(C)c(C)c(C)c(C)c32)c(C)c1C. The molecule has 0 saturated carbocycles. The largest absolute Gasteiger partial charge is 0.308 e. The molecule has 2 heterocycles. The Hall–Kier alpha value is -5.08. The predicted octanol–water partition coefficient (Wildman–Crippen LogP) is 16.9. The van der Waals surface area contributed by atoms with E-state index in [2.05, 4.69) is 175 Å². The summed E-state index contributed by atoms with van der Waals surface area (Å²) < 4.78 is 5.40. The third-order valence-electron chi connectivity index (χ3n) is 17.9. The molecule has 322 valence electrons. The van der Waals surface area contributed by atoms with Crippen molar-refractivity contribution in [2.45, 2.75) is 166 Å². The topological polar surface area (TPSA) is 9.86 Å². The van der Waals surface area contributed by atoms with Crippen LogP contribution in [0.25, 0.3) is 66.1 Å². The highest BCUT2D eigenvalue weighted by Crippen LogP contribution is 2.50. The van der Waals surface area contributed by atoms with Gasteiger partial charge in [0.2, 0.25) is 0 Å². The first kappa shape index (κ1) is 43.6. The number of rotatable bonds is 3. The molecule has 0 unspecified atom stereocenters. The van der Waals surface area contributed by atoms with Gasteiger partial charge in [-0.15, -0.1) is 0 Å². The van der Waals surface area contributed by atoms with Crippen molar-refractivity contribution in [1.29, 1.82) is 0 Å². The summed E-state index contributed by atoms with van der Waals surface area (Å²) in [5.41, 5.74) is 44.3. The Bertz CT molecular complexity index is 2960. The van der Waals surface area contributed by atoms with Crippen molar-refractivity contribution < 1.29 is 0 Å². The van der Waals surface area contributed by atoms with Gasteiger partial charge in [0.25, 0.3) is 0 Å². The minimum absolute atomic E-state index is 1.35. The normalized spacial score (nSPS) is 12.2. The maximum atomic E-state index is 2.70. The van der Waals surface area contributed by atoms with Gasteiger partial charge in [0, 0.05) is 21.5 Å². The molecular formula is C60H72N2. The monoisotopic (exact) mass is 821 g/mol. The van der Waals surface area contributed by atoms with Gasteiger partial charge >= 0.3 is 0 Å². The van der Waals surface area contributed by atoms with Gasteiger partial charge in [0.05, 0.1) is 33.4 Å². The maximum absolute atomic E-state index is 2.70. The third-order valence-corrected chi connectivity index (χ3v) is 17.9. The lowest BCUT2D eigenvalue weighted by Crippen LogP contribution is -2.11. The molecule has 0 aliphatic carbocycles. The number of fused-ring (bicyclic) bond motifs is 6. The summed E-state index contributed by atoms with van der Waals surface area (Å²) in [6.07, 6.45) is 0. The summed E-state index contributed by atoms with van der Waals surface area (Å²) in [5.74, 6) is 0. The highest BCUT2D eigenvalue weighted by atomic mass is 15.0. The van der Waals surface area contributed by atoms with Gasteiger partial charge in [-0.2, -0.15) is 0 Å². The lowest BCUT2D eigenvalue weighted by molar-refractivity contribution is 1.06. The van der Waals surface area contributed by atoms with Crippen molar-refractivity contribution in [3.63, 3.8) is 0 Å². The highest BCUT2D eigenvalue weighted by Gasteiger charge is 2.31. The van der Waals surface area contributed by atoms with Gasteiger partial charge in [-0.05, 0) is 311 Å². The molecule has 6 aromatic carbocycles. The maximum Gasteiger partial charge on any atom is 0.0576 e. The van der Waals surface area contributed by atoms with Gasteiger partial charge in [-0.25, -0.2) is 0 Å². The van der Waals surface area contributed by atoms with E-state index in [0.717, 1.165) is 0 Å². The van der Waals surface area contributed by atoms with Gasteiger partial charge < -0.3 is 9.13 Å². The summed E-state index contributed by atoms with van der Waals surface area (Å²) in [6, 6.07) is 0. The Morgan fingerprint density at radius 3 is 0.500 bits per heavy atom. The fraction of sp³-hybridized carbons (Fsp3) is 0.400. The van der Waals surface area contributed by atoms with E-state index in [-0.39, 0.29) is 0 Å². The fourth-order valence-electron chi connectivity index (χ4n) is 12.2. The molecular weight excluding hydrogens is 749 g/mol. The number of aryl methyl sites for hydroxylation is 8. The van der Waals surface area contributed by atoms with Gasteiger partial charge in [0.1, 0.15) is 0 Å². The van der Waals surface area contributed by atoms with Crippen molar-refractivity contribution >= 4 is 43.6 Å². The van der Waals surface area contributed by atoms with Crippen LogP contribution in [0.15, 0.2) is 0 Å². The molecule has 2 aromatic heterocycles. The van der Waals surface area contributed by atoms with E-state index in [9.17, 15) is 0 Å². The van der Waals surface area contributed by atoms with Crippen molar-refractivity contribution in [3.8, 4) is 22.5 Å². The van der Waals surface area contributed by atoms with Crippen LogP contribution in [0.3, 0.4) is 0 Å². The van der Waals surface area contributed by atoms with Crippen LogP contribution in [0.1, 0.15) is 134 Å². The van der Waals surface area contributed by atoms with E-state index >= 15 is 0 Å². The molecule has 0 amide bonds. The van der Waals surface area contributed by atoms with Crippen LogP contribution >= 0.6 is 0 Å². The smallest absolute Gasteiger partial charge is 0.0576 e. The number of aromatic nitrogens is 2. The summed E-state index contributed by atoms with van der Waals surface area (Å²) in [5, 5.41) is 5.69. The van der Waals surface area contributed by atoms with Crippen LogP contribution in [-0.4, -0.2) is 9.13 Å². The Labute approximate surface area is 373 Å². The molecule has 0 bridgehead atoms. The first-order valence-corrected chi connectivity index (χ1v) is 23.1. The molecule has 0 radical (unpaired) electrons. The minimum atomic E-state index is 1.35. The predicted molar refractivity (Wildman–Crippen MR) is 274 cm³/mol. The average Bonchev–Trinajstić information content (AvgIpc) is 3.78. The lowest BCUT2D eigenvalue weighted by atomic mass is 9.81. The molecule has 0 aliphatic rings. The van der Waals surface area contributed by atoms with Gasteiger partial charge in [-0.3, -0.25) is 0 Å². The summed E-state index contributed by atoms with van der Waals surface area (Å²) >= 11 is 0. The van der Waals surface area contributed by atoms with E-state index in [4.69, 9.17) is 0 Å². The molecule has 0 saturated heterocycles. The van der Waals surface area contributed by atoms with Gasteiger partial charge in [-0.1, -0.05) is 0 Å². The Morgan fingerprint density at radius 1 is 0.161 bits per heavy atom. The molecule has 0 atom stereocenters. The molecule has 0 N–H and O–H groups in total. The standard InChI is InChI=1S/C60H72N2/c1-25-29(5)41(17)57-51(33(25)9)52-34(10)26(2)30(6)42(18)58(52)61(57)55-45(21)37(13)49(38(14)46(55)22)50-39(15)47(23)56(48(24)40(50)16)62-59-43(19)31(7)27(3)35(11)53(59)54-36(12)28(4)32(8)44(20)60(54)62/h1-24H3. The zero-order valence-corrected chi connectivity index (χ0v) is 42.9. The zero-order valence-electron chi connectivity index (χ0n) is 42.9. The molecule has 0 fully saturated rings. The molecule has 2 nitrogen and oxygen atoms in total. The van der Waals surface area contributed by atoms with E-state index in [1.54, 1.807) is 0 Å². The first-order chi connectivity index (χ1) is 28.9. The molecule has 62 heavy (non-hydrogen) atoms. The fourth-order valence-corrected chi connectivity index (χ4v) is 12.2. The van der Waals surface area contributed by atoms with Crippen LogP contribution < -0.4 is 0 Å². The number of nitrogens with zero attached hydrogens (tertiary/aromatic N) is 2. The lowest BCUT2D eigenvalue weighted by Gasteiger charge is -2.28. The van der Waals surface area contributed by atoms with Crippen LogP contribution in [-0.2, 0) is 0 Å². The van der Waals surface area contributed by atoms with Crippen LogP contribution in [0.5, 0.6) is 0 Å². The Balaban J connectivity index is 1.51. The molecule has 0 spiro atoms. The first-order valence-electron chi connectivity index (χ1n) is 23.1.